The first-order valence-electron chi connectivity index (χ1n) is 5.85. The SMILES string of the molecule is Nc1ccc(CCc2cc(O)c(O)c(O)c2)c(N)c1. The minimum atomic E-state index is -0.504. The van der Waals surface area contributed by atoms with Crippen molar-refractivity contribution in [2.24, 2.45) is 0 Å². The minimum absolute atomic E-state index is 0.333. The summed E-state index contributed by atoms with van der Waals surface area (Å²) in [5.74, 6) is -1.17. The molecule has 100 valence electrons. The maximum Gasteiger partial charge on any atom is 0.200 e. The summed E-state index contributed by atoms with van der Waals surface area (Å²) in [4.78, 5) is 0. The molecule has 0 aliphatic rings. The summed E-state index contributed by atoms with van der Waals surface area (Å²) in [5, 5.41) is 28.1. The van der Waals surface area contributed by atoms with E-state index in [9.17, 15) is 15.3 Å². The smallest absolute Gasteiger partial charge is 0.200 e. The first-order valence-corrected chi connectivity index (χ1v) is 5.85. The van der Waals surface area contributed by atoms with Crippen molar-refractivity contribution < 1.29 is 15.3 Å². The fraction of sp³-hybridized carbons (Fsp3) is 0.143. The summed E-state index contributed by atoms with van der Waals surface area (Å²) >= 11 is 0. The lowest BCUT2D eigenvalue weighted by Gasteiger charge is -2.08. The Morgan fingerprint density at radius 1 is 0.842 bits per heavy atom. The molecule has 2 aromatic carbocycles. The number of hydrogen-bond donors (Lipinski definition) is 5. The van der Waals surface area contributed by atoms with Crippen molar-refractivity contribution >= 4 is 11.4 Å². The zero-order valence-electron chi connectivity index (χ0n) is 10.3. The van der Waals surface area contributed by atoms with E-state index in [1.54, 1.807) is 12.1 Å². The molecule has 7 N–H and O–H groups in total. The molecular formula is C14H16N2O3. The molecule has 0 saturated heterocycles. The standard InChI is InChI=1S/C14H16N2O3/c15-10-4-3-9(11(16)7-10)2-1-8-5-12(17)14(19)13(18)6-8/h3-7,17-19H,1-2,15-16H2. The zero-order chi connectivity index (χ0) is 14.0. The molecule has 0 unspecified atom stereocenters. The third-order valence-corrected chi connectivity index (χ3v) is 2.98. The molecule has 0 fully saturated rings. The van der Waals surface area contributed by atoms with E-state index >= 15 is 0 Å². The molecule has 5 heteroatoms. The number of anilines is 2. The summed E-state index contributed by atoms with van der Waals surface area (Å²) in [6.45, 7) is 0. The molecule has 0 radical (unpaired) electrons. The second-order valence-corrected chi connectivity index (χ2v) is 4.44. The van der Waals surface area contributed by atoms with Crippen molar-refractivity contribution in [3.8, 4) is 17.2 Å². The van der Waals surface area contributed by atoms with Crippen molar-refractivity contribution in [2.45, 2.75) is 12.8 Å². The van der Waals surface area contributed by atoms with Gasteiger partial charge in [-0.05, 0) is 48.2 Å². The van der Waals surface area contributed by atoms with Crippen LogP contribution in [0.5, 0.6) is 17.2 Å². The van der Waals surface area contributed by atoms with Gasteiger partial charge in [0.15, 0.2) is 17.2 Å². The third kappa shape index (κ3) is 2.82. The lowest BCUT2D eigenvalue weighted by Crippen LogP contribution is -1.98. The number of benzene rings is 2. The Morgan fingerprint density at radius 3 is 2.05 bits per heavy atom. The number of aryl methyl sites for hydroxylation is 2. The number of phenolic OH excluding ortho intramolecular Hbond substituents is 3. The van der Waals surface area contributed by atoms with E-state index in [4.69, 9.17) is 11.5 Å². The monoisotopic (exact) mass is 260 g/mol. The summed E-state index contributed by atoms with van der Waals surface area (Å²) < 4.78 is 0. The summed E-state index contributed by atoms with van der Waals surface area (Å²) in [5.41, 5.74) is 14.4. The molecule has 0 amide bonds. The maximum absolute atomic E-state index is 9.42. The minimum Gasteiger partial charge on any atom is -0.504 e. The molecule has 0 heterocycles. The van der Waals surface area contributed by atoms with Gasteiger partial charge < -0.3 is 26.8 Å². The summed E-state index contributed by atoms with van der Waals surface area (Å²) in [6, 6.07) is 8.16. The van der Waals surface area contributed by atoms with Crippen LogP contribution >= 0.6 is 0 Å². The van der Waals surface area contributed by atoms with Crippen LogP contribution in [0.2, 0.25) is 0 Å². The van der Waals surface area contributed by atoms with Crippen LogP contribution in [0.15, 0.2) is 30.3 Å². The van der Waals surface area contributed by atoms with Crippen LogP contribution in [0.4, 0.5) is 11.4 Å². The molecular weight excluding hydrogens is 244 g/mol. The average Bonchev–Trinajstić information content (AvgIpc) is 2.34. The zero-order valence-corrected chi connectivity index (χ0v) is 10.3. The van der Waals surface area contributed by atoms with Crippen molar-refractivity contribution in [3.05, 3.63) is 41.5 Å². The topological polar surface area (TPSA) is 113 Å². The Balaban J connectivity index is 2.14. The molecule has 0 atom stereocenters. The number of hydrogen-bond acceptors (Lipinski definition) is 5. The van der Waals surface area contributed by atoms with Crippen LogP contribution in [0.1, 0.15) is 11.1 Å². The van der Waals surface area contributed by atoms with Gasteiger partial charge in [0.1, 0.15) is 0 Å². The fourth-order valence-electron chi connectivity index (χ4n) is 1.93. The van der Waals surface area contributed by atoms with Crippen LogP contribution in [-0.4, -0.2) is 15.3 Å². The molecule has 0 saturated carbocycles. The van der Waals surface area contributed by atoms with E-state index in [1.165, 1.54) is 12.1 Å². The van der Waals surface area contributed by atoms with Gasteiger partial charge in [0.2, 0.25) is 0 Å². The first kappa shape index (κ1) is 12.9. The highest BCUT2D eigenvalue weighted by atomic mass is 16.3. The number of phenols is 3. The Kier molecular flexibility index (Phi) is 3.37. The van der Waals surface area contributed by atoms with Crippen LogP contribution in [0, 0.1) is 0 Å². The van der Waals surface area contributed by atoms with E-state index < -0.39 is 5.75 Å². The van der Waals surface area contributed by atoms with Crippen LogP contribution in [0.25, 0.3) is 0 Å². The van der Waals surface area contributed by atoms with Crippen molar-refractivity contribution in [3.63, 3.8) is 0 Å². The van der Waals surface area contributed by atoms with Crippen LogP contribution in [-0.2, 0) is 12.8 Å². The van der Waals surface area contributed by atoms with Gasteiger partial charge in [-0.15, -0.1) is 0 Å². The second kappa shape index (κ2) is 4.97. The van der Waals surface area contributed by atoms with Gasteiger partial charge >= 0.3 is 0 Å². The van der Waals surface area contributed by atoms with Crippen molar-refractivity contribution in [2.75, 3.05) is 11.5 Å². The molecule has 0 aliphatic heterocycles. The van der Waals surface area contributed by atoms with Gasteiger partial charge in [-0.25, -0.2) is 0 Å². The predicted molar refractivity (Wildman–Crippen MR) is 74.1 cm³/mol. The molecule has 19 heavy (non-hydrogen) atoms. The Bertz CT molecular complexity index is 589. The summed E-state index contributed by atoms with van der Waals surface area (Å²) in [6.07, 6.45) is 1.23. The van der Waals surface area contributed by atoms with Gasteiger partial charge in [-0.3, -0.25) is 0 Å². The van der Waals surface area contributed by atoms with Crippen molar-refractivity contribution in [1.29, 1.82) is 0 Å². The number of nitrogens with two attached hydrogens (primary N) is 2. The highest BCUT2D eigenvalue weighted by molar-refractivity contribution is 5.57. The van der Waals surface area contributed by atoms with E-state index in [1.807, 2.05) is 6.07 Å². The molecule has 0 spiro atoms. The van der Waals surface area contributed by atoms with E-state index in [0.717, 1.165) is 5.56 Å². The fourth-order valence-corrected chi connectivity index (χ4v) is 1.93. The number of nitrogen functional groups attached to an aromatic ring is 2. The quantitative estimate of drug-likeness (QED) is 0.426. The van der Waals surface area contributed by atoms with Gasteiger partial charge in [0, 0.05) is 11.4 Å². The lowest BCUT2D eigenvalue weighted by molar-refractivity contribution is 0.367. The first-order chi connectivity index (χ1) is 8.97. The number of rotatable bonds is 3. The Hall–Kier alpha value is -2.56. The average molecular weight is 260 g/mol. The second-order valence-electron chi connectivity index (χ2n) is 4.44. The predicted octanol–water partition coefficient (Wildman–Crippen LogP) is 1.75. The van der Waals surface area contributed by atoms with E-state index in [0.29, 0.717) is 29.8 Å². The molecule has 0 aromatic heterocycles. The highest BCUT2D eigenvalue weighted by Gasteiger charge is 2.08. The third-order valence-electron chi connectivity index (χ3n) is 2.98. The maximum atomic E-state index is 9.42. The van der Waals surface area contributed by atoms with E-state index in [-0.39, 0.29) is 11.5 Å². The van der Waals surface area contributed by atoms with E-state index in [2.05, 4.69) is 0 Å². The molecule has 2 aromatic rings. The lowest BCUT2D eigenvalue weighted by atomic mass is 10.0. The van der Waals surface area contributed by atoms with Crippen molar-refractivity contribution in [1.82, 2.24) is 0 Å². The molecule has 0 aliphatic carbocycles. The summed E-state index contributed by atoms with van der Waals surface area (Å²) in [7, 11) is 0. The van der Waals surface area contributed by atoms with Gasteiger partial charge in [-0.1, -0.05) is 6.07 Å². The normalized spacial score (nSPS) is 10.5. The van der Waals surface area contributed by atoms with Gasteiger partial charge in [-0.2, -0.15) is 0 Å². The Labute approximate surface area is 110 Å². The Morgan fingerprint density at radius 2 is 1.47 bits per heavy atom. The van der Waals surface area contributed by atoms with Gasteiger partial charge in [0.25, 0.3) is 0 Å². The van der Waals surface area contributed by atoms with Crippen LogP contribution < -0.4 is 11.5 Å². The number of aromatic hydroxyl groups is 3. The largest absolute Gasteiger partial charge is 0.504 e. The highest BCUT2D eigenvalue weighted by Crippen LogP contribution is 2.35. The molecule has 5 nitrogen and oxygen atoms in total. The molecule has 0 bridgehead atoms. The van der Waals surface area contributed by atoms with Crippen LogP contribution in [0.3, 0.4) is 0 Å². The molecule has 2 rings (SSSR count). The van der Waals surface area contributed by atoms with Gasteiger partial charge in [0.05, 0.1) is 0 Å².